The number of urea groups is 1. The van der Waals surface area contributed by atoms with E-state index in [2.05, 4.69) is 5.32 Å². The molecule has 1 aromatic rings. The lowest BCUT2D eigenvalue weighted by atomic mass is 9.90. The van der Waals surface area contributed by atoms with Gasteiger partial charge in [-0.25, -0.2) is 13.2 Å². The van der Waals surface area contributed by atoms with E-state index in [1.807, 2.05) is 0 Å². The van der Waals surface area contributed by atoms with Crippen molar-refractivity contribution in [3.05, 3.63) is 24.3 Å². The molecule has 2 N–H and O–H groups in total. The van der Waals surface area contributed by atoms with Crippen LogP contribution in [-0.2, 0) is 14.6 Å². The Balaban J connectivity index is 2.13. The number of carbonyl (C=O) groups excluding carboxylic acids is 1. The normalized spacial score (nSPS) is 21.1. The SMILES string of the molecule is CC1(C(=O)O)CCN(C(=O)Nc2cccc(S(=O)(=O)C(F)F)c2)C1. The average Bonchev–Trinajstić information content (AvgIpc) is 2.91. The molecule has 0 aromatic heterocycles. The number of nitrogens with zero attached hydrogens (tertiary/aromatic N) is 1. The number of hydrogen-bond donors (Lipinski definition) is 2. The first-order valence-corrected chi connectivity index (χ1v) is 8.52. The number of carboxylic acids is 1. The summed E-state index contributed by atoms with van der Waals surface area (Å²) in [6, 6.07) is 3.91. The zero-order valence-corrected chi connectivity index (χ0v) is 13.5. The second-order valence-electron chi connectivity index (χ2n) is 5.80. The van der Waals surface area contributed by atoms with Crippen molar-refractivity contribution in [1.82, 2.24) is 4.90 Å². The van der Waals surface area contributed by atoms with E-state index in [9.17, 15) is 26.8 Å². The van der Waals surface area contributed by atoms with Gasteiger partial charge in [0, 0.05) is 18.8 Å². The molecule has 1 fully saturated rings. The Morgan fingerprint density at radius 1 is 1.38 bits per heavy atom. The van der Waals surface area contributed by atoms with Gasteiger partial charge in [0.2, 0.25) is 9.84 Å². The van der Waals surface area contributed by atoms with Crippen molar-refractivity contribution in [1.29, 1.82) is 0 Å². The molecule has 2 rings (SSSR count). The first-order chi connectivity index (χ1) is 11.1. The minimum Gasteiger partial charge on any atom is -0.481 e. The van der Waals surface area contributed by atoms with E-state index in [4.69, 9.17) is 5.11 Å². The summed E-state index contributed by atoms with van der Waals surface area (Å²) in [6.45, 7) is 1.76. The van der Waals surface area contributed by atoms with E-state index in [0.29, 0.717) is 0 Å². The molecule has 0 bridgehead atoms. The number of likely N-dealkylation sites (tertiary alicyclic amines) is 1. The van der Waals surface area contributed by atoms with Gasteiger partial charge in [-0.05, 0) is 31.5 Å². The van der Waals surface area contributed by atoms with Crippen LogP contribution in [0.5, 0.6) is 0 Å². The second kappa shape index (κ2) is 6.34. The number of aliphatic carboxylic acids is 1. The molecule has 0 spiro atoms. The Kier molecular flexibility index (Phi) is 4.79. The molecule has 1 saturated heterocycles. The molecule has 1 aromatic carbocycles. The number of amides is 2. The van der Waals surface area contributed by atoms with Crippen molar-refractivity contribution in [3.8, 4) is 0 Å². The third-order valence-corrected chi connectivity index (χ3v) is 5.31. The van der Waals surface area contributed by atoms with Gasteiger partial charge in [0.05, 0.1) is 10.3 Å². The van der Waals surface area contributed by atoms with Crippen LogP contribution in [0.1, 0.15) is 13.3 Å². The Labute approximate surface area is 137 Å². The van der Waals surface area contributed by atoms with Crippen LogP contribution in [-0.4, -0.2) is 49.3 Å². The third-order valence-electron chi connectivity index (χ3n) is 3.93. The number of alkyl halides is 2. The topological polar surface area (TPSA) is 104 Å². The summed E-state index contributed by atoms with van der Waals surface area (Å²) >= 11 is 0. The van der Waals surface area contributed by atoms with Crippen LogP contribution >= 0.6 is 0 Å². The highest BCUT2D eigenvalue weighted by Crippen LogP contribution is 2.30. The Bertz CT molecular complexity index is 768. The summed E-state index contributed by atoms with van der Waals surface area (Å²) in [5, 5.41) is 11.5. The monoisotopic (exact) mass is 362 g/mol. The lowest BCUT2D eigenvalue weighted by molar-refractivity contribution is -0.146. The van der Waals surface area contributed by atoms with Crippen LogP contribution in [0.25, 0.3) is 0 Å². The maximum atomic E-state index is 12.6. The maximum absolute atomic E-state index is 12.6. The van der Waals surface area contributed by atoms with Gasteiger partial charge >= 0.3 is 17.8 Å². The standard InChI is InChI=1S/C14H16F2N2O5S/c1-14(11(19)20)5-6-18(8-14)13(21)17-9-3-2-4-10(7-9)24(22,23)12(15)16/h2-4,7,12H,5-6,8H2,1H3,(H,17,21)(H,19,20). The molecule has 1 atom stereocenters. The first-order valence-electron chi connectivity index (χ1n) is 6.98. The number of anilines is 1. The molecule has 0 aliphatic carbocycles. The fourth-order valence-electron chi connectivity index (χ4n) is 2.37. The molecular weight excluding hydrogens is 346 g/mol. The van der Waals surface area contributed by atoms with E-state index in [1.54, 1.807) is 0 Å². The molecule has 10 heteroatoms. The van der Waals surface area contributed by atoms with Crippen LogP contribution in [0.4, 0.5) is 19.3 Å². The Hall–Kier alpha value is -2.23. The quantitative estimate of drug-likeness (QED) is 0.853. The average molecular weight is 362 g/mol. The van der Waals surface area contributed by atoms with Gasteiger partial charge in [0.1, 0.15) is 0 Å². The Morgan fingerprint density at radius 3 is 2.58 bits per heavy atom. The van der Waals surface area contributed by atoms with Crippen molar-refractivity contribution in [3.63, 3.8) is 0 Å². The fourth-order valence-corrected chi connectivity index (χ4v) is 3.13. The summed E-state index contributed by atoms with van der Waals surface area (Å²) in [7, 11) is -4.76. The van der Waals surface area contributed by atoms with Gasteiger partial charge in [0.25, 0.3) is 0 Å². The number of benzene rings is 1. The van der Waals surface area contributed by atoms with Crippen LogP contribution < -0.4 is 5.32 Å². The number of carboxylic acid groups (broad SMARTS) is 1. The van der Waals surface area contributed by atoms with E-state index in [0.717, 1.165) is 12.1 Å². The zero-order chi connectivity index (χ0) is 18.1. The minimum atomic E-state index is -4.76. The van der Waals surface area contributed by atoms with Gasteiger partial charge in [-0.2, -0.15) is 8.78 Å². The van der Waals surface area contributed by atoms with Crippen molar-refractivity contribution in [2.45, 2.75) is 24.0 Å². The lowest BCUT2D eigenvalue weighted by Crippen LogP contribution is -2.37. The summed E-state index contributed by atoms with van der Waals surface area (Å²) in [4.78, 5) is 24.0. The van der Waals surface area contributed by atoms with Crippen LogP contribution in [0, 0.1) is 5.41 Å². The molecule has 132 valence electrons. The number of sulfone groups is 1. The highest BCUT2D eigenvalue weighted by atomic mass is 32.2. The smallest absolute Gasteiger partial charge is 0.341 e. The van der Waals surface area contributed by atoms with Crippen molar-refractivity contribution < 1.29 is 31.9 Å². The fraction of sp³-hybridized carbons (Fsp3) is 0.429. The van der Waals surface area contributed by atoms with Crippen LogP contribution in [0.3, 0.4) is 0 Å². The van der Waals surface area contributed by atoms with Gasteiger partial charge < -0.3 is 15.3 Å². The number of carbonyl (C=O) groups is 2. The van der Waals surface area contributed by atoms with Crippen molar-refractivity contribution in [2.75, 3.05) is 18.4 Å². The van der Waals surface area contributed by atoms with E-state index in [1.165, 1.54) is 24.0 Å². The number of hydrogen-bond acceptors (Lipinski definition) is 4. The molecule has 0 saturated carbocycles. The second-order valence-corrected chi connectivity index (χ2v) is 7.72. The summed E-state index contributed by atoms with van der Waals surface area (Å²) in [5.41, 5.74) is -1.01. The molecule has 2 amide bonds. The highest BCUT2D eigenvalue weighted by Gasteiger charge is 2.42. The molecule has 1 unspecified atom stereocenters. The predicted octanol–water partition coefficient (Wildman–Crippen LogP) is 2.01. The van der Waals surface area contributed by atoms with Gasteiger partial charge in [-0.15, -0.1) is 0 Å². The maximum Gasteiger partial charge on any atom is 0.341 e. The molecule has 0 radical (unpaired) electrons. The highest BCUT2D eigenvalue weighted by molar-refractivity contribution is 7.91. The van der Waals surface area contributed by atoms with Gasteiger partial charge in [0.15, 0.2) is 0 Å². The predicted molar refractivity (Wildman–Crippen MR) is 80.6 cm³/mol. The molecular formula is C14H16F2N2O5S. The molecule has 1 aliphatic rings. The van der Waals surface area contributed by atoms with Crippen molar-refractivity contribution in [2.24, 2.45) is 5.41 Å². The van der Waals surface area contributed by atoms with Gasteiger partial charge in [-0.1, -0.05) is 6.07 Å². The number of rotatable bonds is 4. The third kappa shape index (κ3) is 3.48. The van der Waals surface area contributed by atoms with Gasteiger partial charge in [-0.3, -0.25) is 4.79 Å². The molecule has 1 heterocycles. The Morgan fingerprint density at radius 2 is 2.04 bits per heavy atom. The number of nitrogens with one attached hydrogen (secondary N) is 1. The summed E-state index contributed by atoms with van der Waals surface area (Å²) in [6.07, 6.45) is 0.287. The zero-order valence-electron chi connectivity index (χ0n) is 12.7. The largest absolute Gasteiger partial charge is 0.481 e. The van der Waals surface area contributed by atoms with E-state index in [-0.39, 0.29) is 25.2 Å². The van der Waals surface area contributed by atoms with E-state index >= 15 is 0 Å². The number of halogens is 2. The van der Waals surface area contributed by atoms with Crippen LogP contribution in [0.15, 0.2) is 29.2 Å². The lowest BCUT2D eigenvalue weighted by Gasteiger charge is -2.20. The molecule has 1 aliphatic heterocycles. The molecule has 7 nitrogen and oxygen atoms in total. The summed E-state index contributed by atoms with van der Waals surface area (Å²) < 4.78 is 48.0. The summed E-state index contributed by atoms with van der Waals surface area (Å²) in [5.74, 6) is -4.57. The van der Waals surface area contributed by atoms with Crippen molar-refractivity contribution >= 4 is 27.5 Å². The minimum absolute atomic E-state index is 0.00316. The first kappa shape index (κ1) is 18.1. The van der Waals surface area contributed by atoms with Crippen LogP contribution in [0.2, 0.25) is 0 Å². The van der Waals surface area contributed by atoms with E-state index < -0.39 is 37.9 Å². The molecule has 24 heavy (non-hydrogen) atoms.